The molecule has 0 saturated heterocycles. The van der Waals surface area contributed by atoms with Gasteiger partial charge in [-0.3, -0.25) is 11.3 Å². The van der Waals surface area contributed by atoms with E-state index in [4.69, 9.17) is 10.6 Å². The van der Waals surface area contributed by atoms with Crippen molar-refractivity contribution in [2.45, 2.75) is 40.2 Å². The third-order valence-corrected chi connectivity index (χ3v) is 3.57. The molecule has 2 unspecified atom stereocenters. The smallest absolute Gasteiger partial charge is 0.0491 e. The third-order valence-electron chi connectivity index (χ3n) is 3.57. The summed E-state index contributed by atoms with van der Waals surface area (Å²) in [6.45, 7) is 9.42. The largest absolute Gasteiger partial charge is 0.385 e. The summed E-state index contributed by atoms with van der Waals surface area (Å²) in [5.74, 6) is 6.20. The summed E-state index contributed by atoms with van der Waals surface area (Å²) in [7, 11) is 1.74. The fourth-order valence-corrected chi connectivity index (χ4v) is 2.68. The quantitative estimate of drug-likeness (QED) is 0.603. The minimum Gasteiger partial charge on any atom is -0.385 e. The number of aryl methyl sites for hydroxylation is 3. The second-order valence-electron chi connectivity index (χ2n) is 5.22. The lowest BCUT2D eigenvalue weighted by molar-refractivity contribution is 0.170. The molecule has 0 aliphatic carbocycles. The minimum atomic E-state index is 0.181. The van der Waals surface area contributed by atoms with Gasteiger partial charge in [-0.2, -0.15) is 0 Å². The summed E-state index contributed by atoms with van der Waals surface area (Å²) < 4.78 is 5.15. The summed E-state index contributed by atoms with van der Waals surface area (Å²) in [6, 6.07) is 4.62. The Morgan fingerprint density at radius 1 is 1.22 bits per heavy atom. The zero-order valence-corrected chi connectivity index (χ0v) is 12.2. The number of nitrogens with two attached hydrogens (primary N) is 1. The van der Waals surface area contributed by atoms with E-state index in [-0.39, 0.29) is 6.04 Å². The Kier molecular flexibility index (Phi) is 5.79. The highest BCUT2D eigenvalue weighted by Crippen LogP contribution is 2.29. The maximum absolute atomic E-state index is 5.76. The van der Waals surface area contributed by atoms with Gasteiger partial charge in [0.2, 0.25) is 0 Å². The highest BCUT2D eigenvalue weighted by molar-refractivity contribution is 5.39. The monoisotopic (exact) mass is 250 g/mol. The van der Waals surface area contributed by atoms with Crippen LogP contribution < -0.4 is 11.3 Å². The molecule has 1 rings (SSSR count). The van der Waals surface area contributed by atoms with Crippen LogP contribution in [0.25, 0.3) is 0 Å². The molecule has 0 fully saturated rings. The molecule has 2 atom stereocenters. The number of benzene rings is 1. The molecule has 0 aliphatic rings. The van der Waals surface area contributed by atoms with E-state index >= 15 is 0 Å². The highest BCUT2D eigenvalue weighted by Gasteiger charge is 2.21. The molecule has 3 nitrogen and oxygen atoms in total. The molecule has 0 saturated carbocycles. The Morgan fingerprint density at radius 2 is 1.78 bits per heavy atom. The van der Waals surface area contributed by atoms with Gasteiger partial charge in [-0.05, 0) is 49.8 Å². The van der Waals surface area contributed by atoms with Crippen LogP contribution in [-0.2, 0) is 4.74 Å². The molecule has 1 aromatic rings. The number of hydrogen-bond acceptors (Lipinski definition) is 3. The van der Waals surface area contributed by atoms with Gasteiger partial charge >= 0.3 is 0 Å². The first kappa shape index (κ1) is 15.2. The van der Waals surface area contributed by atoms with Gasteiger partial charge in [0.1, 0.15) is 0 Å². The number of rotatable bonds is 6. The van der Waals surface area contributed by atoms with Gasteiger partial charge in [-0.15, -0.1) is 0 Å². The summed E-state index contributed by atoms with van der Waals surface area (Å²) >= 11 is 0. The molecule has 0 heterocycles. The normalized spacial score (nSPS) is 14.6. The van der Waals surface area contributed by atoms with Crippen LogP contribution in [0.5, 0.6) is 0 Å². The van der Waals surface area contributed by atoms with Crippen molar-refractivity contribution in [2.75, 3.05) is 13.7 Å². The fourth-order valence-electron chi connectivity index (χ4n) is 2.68. The zero-order valence-electron chi connectivity index (χ0n) is 12.2. The Labute approximate surface area is 111 Å². The molecule has 0 aliphatic heterocycles. The van der Waals surface area contributed by atoms with Crippen LogP contribution in [0.4, 0.5) is 0 Å². The van der Waals surface area contributed by atoms with Gasteiger partial charge in [-0.1, -0.05) is 24.6 Å². The molecule has 1 aromatic carbocycles. The van der Waals surface area contributed by atoms with Gasteiger partial charge in [0.25, 0.3) is 0 Å². The minimum absolute atomic E-state index is 0.181. The molecular formula is C15H26N2O. The van der Waals surface area contributed by atoms with Crippen LogP contribution in [0.1, 0.15) is 41.6 Å². The summed E-state index contributed by atoms with van der Waals surface area (Å²) in [5, 5.41) is 0. The third kappa shape index (κ3) is 3.55. The second kappa shape index (κ2) is 6.88. The molecule has 0 amide bonds. The molecule has 0 radical (unpaired) electrons. The number of nitrogens with one attached hydrogen (secondary N) is 1. The second-order valence-corrected chi connectivity index (χ2v) is 5.22. The topological polar surface area (TPSA) is 47.3 Å². The van der Waals surface area contributed by atoms with E-state index in [1.165, 1.54) is 22.3 Å². The van der Waals surface area contributed by atoms with Crippen LogP contribution in [-0.4, -0.2) is 13.7 Å². The fraction of sp³-hybridized carbons (Fsp3) is 0.600. The Bertz CT molecular complexity index is 367. The lowest BCUT2D eigenvalue weighted by atomic mass is 9.86. The van der Waals surface area contributed by atoms with E-state index in [9.17, 15) is 0 Å². The van der Waals surface area contributed by atoms with Crippen molar-refractivity contribution < 1.29 is 4.74 Å². The number of methoxy groups -OCH3 is 1. The van der Waals surface area contributed by atoms with Crippen molar-refractivity contribution in [1.29, 1.82) is 0 Å². The average molecular weight is 250 g/mol. The maximum Gasteiger partial charge on any atom is 0.0491 e. The highest BCUT2D eigenvalue weighted by atomic mass is 16.5. The Morgan fingerprint density at radius 3 is 2.22 bits per heavy atom. The average Bonchev–Trinajstić information content (AvgIpc) is 2.30. The first-order valence-electron chi connectivity index (χ1n) is 6.54. The van der Waals surface area contributed by atoms with Crippen molar-refractivity contribution in [3.05, 3.63) is 34.4 Å². The molecule has 3 N–H and O–H groups in total. The predicted octanol–water partition coefficient (Wildman–Crippen LogP) is 2.79. The number of hydrogen-bond donors (Lipinski definition) is 2. The van der Waals surface area contributed by atoms with Crippen molar-refractivity contribution in [3.8, 4) is 0 Å². The first-order chi connectivity index (χ1) is 8.51. The van der Waals surface area contributed by atoms with Crippen LogP contribution in [0.15, 0.2) is 12.1 Å². The van der Waals surface area contributed by atoms with E-state index in [1.54, 1.807) is 7.11 Å². The van der Waals surface area contributed by atoms with Crippen LogP contribution in [0.2, 0.25) is 0 Å². The Balaban J connectivity index is 3.01. The summed E-state index contributed by atoms with van der Waals surface area (Å²) in [5.41, 5.74) is 8.21. The van der Waals surface area contributed by atoms with Crippen molar-refractivity contribution >= 4 is 0 Å². The lowest BCUT2D eigenvalue weighted by Gasteiger charge is -2.27. The first-order valence-corrected chi connectivity index (χ1v) is 6.54. The SMILES string of the molecule is COCCC(C)C(NN)c1c(C)cc(C)cc1C. The molecule has 0 bridgehead atoms. The van der Waals surface area contributed by atoms with Crippen molar-refractivity contribution in [3.63, 3.8) is 0 Å². The van der Waals surface area contributed by atoms with E-state index in [1.807, 2.05) is 0 Å². The molecule has 18 heavy (non-hydrogen) atoms. The molecule has 0 aromatic heterocycles. The maximum atomic E-state index is 5.76. The predicted molar refractivity (Wildman–Crippen MR) is 76.4 cm³/mol. The zero-order chi connectivity index (χ0) is 13.7. The molecule has 102 valence electrons. The van der Waals surface area contributed by atoms with Gasteiger partial charge < -0.3 is 4.74 Å². The van der Waals surface area contributed by atoms with E-state index < -0.39 is 0 Å². The Hall–Kier alpha value is -0.900. The van der Waals surface area contributed by atoms with Crippen molar-refractivity contribution in [2.24, 2.45) is 11.8 Å². The standard InChI is InChI=1S/C15H26N2O/c1-10-8-12(3)14(13(4)9-10)15(17-16)11(2)6-7-18-5/h8-9,11,15,17H,6-7,16H2,1-5H3. The van der Waals surface area contributed by atoms with E-state index in [2.05, 4.69) is 45.3 Å². The van der Waals surface area contributed by atoms with Gasteiger partial charge in [0.05, 0.1) is 0 Å². The van der Waals surface area contributed by atoms with Crippen LogP contribution in [0.3, 0.4) is 0 Å². The molecular weight excluding hydrogens is 224 g/mol. The van der Waals surface area contributed by atoms with Crippen LogP contribution in [0, 0.1) is 26.7 Å². The number of hydrazine groups is 1. The van der Waals surface area contributed by atoms with E-state index in [0.29, 0.717) is 5.92 Å². The van der Waals surface area contributed by atoms with Gasteiger partial charge in [0.15, 0.2) is 0 Å². The lowest BCUT2D eigenvalue weighted by Crippen LogP contribution is -2.34. The molecule has 3 heteroatoms. The number of ether oxygens (including phenoxy) is 1. The van der Waals surface area contributed by atoms with Crippen molar-refractivity contribution in [1.82, 2.24) is 5.43 Å². The summed E-state index contributed by atoms with van der Waals surface area (Å²) in [4.78, 5) is 0. The van der Waals surface area contributed by atoms with E-state index in [0.717, 1.165) is 13.0 Å². The summed E-state index contributed by atoms with van der Waals surface area (Å²) in [6.07, 6.45) is 0.998. The van der Waals surface area contributed by atoms with Gasteiger partial charge in [0, 0.05) is 19.8 Å². The van der Waals surface area contributed by atoms with Gasteiger partial charge in [-0.25, -0.2) is 0 Å². The van der Waals surface area contributed by atoms with Crippen LogP contribution >= 0.6 is 0 Å². The molecule has 0 spiro atoms.